The number of nitrogens with zero attached hydrogens (tertiary/aromatic N) is 4. The first-order valence-corrected chi connectivity index (χ1v) is 13.0. The first-order valence-electron chi connectivity index (χ1n) is 10.8. The van der Waals surface area contributed by atoms with Crippen molar-refractivity contribution < 1.29 is 23.7 Å². The average Bonchev–Trinajstić information content (AvgIpc) is 3.08. The number of imidazole rings is 1. The predicted octanol–water partition coefficient (Wildman–Crippen LogP) is 2.28. The molecule has 2 aromatic heterocycles. The Balaban J connectivity index is 1.83. The van der Waals surface area contributed by atoms with Crippen LogP contribution in [0.5, 0.6) is 5.75 Å². The van der Waals surface area contributed by atoms with Gasteiger partial charge in [-0.3, -0.25) is 4.57 Å². The lowest BCUT2D eigenvalue weighted by Crippen LogP contribution is -2.39. The molecule has 0 saturated carbocycles. The number of nitrogens with two attached hydrogens (primary N) is 2. The molecule has 3 aromatic rings. The summed E-state index contributed by atoms with van der Waals surface area (Å²) < 4.78 is 21.1. The number of nitrogens with one attached hydrogen (secondary N) is 1. The summed E-state index contributed by atoms with van der Waals surface area (Å²) in [7, 11) is -4.02. The number of aromatic nitrogens is 4. The first kappa shape index (κ1) is 25.8. The second-order valence-electron chi connectivity index (χ2n) is 7.61. The number of ether oxygens (including phenoxy) is 1. The minimum Gasteiger partial charge on any atom is -0.493 e. The van der Waals surface area contributed by atoms with Gasteiger partial charge >= 0.3 is 7.60 Å². The fraction of sp³-hybridized carbons (Fsp3) is 0.381. The highest BCUT2D eigenvalue weighted by molar-refractivity contribution is 7.51. The van der Waals surface area contributed by atoms with Crippen molar-refractivity contribution in [2.24, 2.45) is 0 Å². The molecule has 3 rings (SSSR count). The highest BCUT2D eigenvalue weighted by Crippen LogP contribution is 2.34. The average molecular weight is 511 g/mol. The Hall–Kier alpha value is -2.85. The van der Waals surface area contributed by atoms with Crippen molar-refractivity contribution in [1.29, 1.82) is 0 Å². The summed E-state index contributed by atoms with van der Waals surface area (Å²) in [5.41, 5.74) is 14.4. The molecule has 184 valence electrons. The van der Waals surface area contributed by atoms with Gasteiger partial charge in [-0.25, -0.2) is 19.1 Å². The van der Waals surface area contributed by atoms with Crippen LogP contribution in [0.3, 0.4) is 0 Å². The summed E-state index contributed by atoms with van der Waals surface area (Å²) in [5.74, 6) is 1.84. The van der Waals surface area contributed by atoms with Gasteiger partial charge in [0.15, 0.2) is 27.8 Å². The second kappa shape index (κ2) is 10.6. The molecule has 7 N–H and O–H groups in total. The van der Waals surface area contributed by atoms with Crippen molar-refractivity contribution in [3.63, 3.8) is 0 Å². The van der Waals surface area contributed by atoms with E-state index in [0.29, 0.717) is 30.2 Å². The summed E-state index contributed by atoms with van der Waals surface area (Å²) in [6.45, 7) is 10.3. The number of fused-ring (bicyclic) bond motifs is 1. The van der Waals surface area contributed by atoms with E-state index in [0.717, 1.165) is 23.4 Å². The third kappa shape index (κ3) is 5.79. The van der Waals surface area contributed by atoms with Gasteiger partial charge in [-0.15, -0.1) is 0 Å². The third-order valence-corrected chi connectivity index (χ3v) is 6.47. The van der Waals surface area contributed by atoms with E-state index < -0.39 is 7.60 Å². The van der Waals surface area contributed by atoms with E-state index >= 15 is 0 Å². The Labute approximate surface area is 202 Å². The molecular formula is C21H30ClN7O4P+. The van der Waals surface area contributed by atoms with Crippen LogP contribution >= 0.6 is 19.2 Å². The smallest absolute Gasteiger partial charge is 0.325 e. The molecule has 0 aliphatic rings. The van der Waals surface area contributed by atoms with E-state index in [1.165, 1.54) is 0 Å². The number of nitrogen functional groups attached to an aromatic ring is 2. The van der Waals surface area contributed by atoms with Gasteiger partial charge in [-0.05, 0) is 32.4 Å². The molecule has 1 aromatic carbocycles. The van der Waals surface area contributed by atoms with Crippen molar-refractivity contribution in [2.45, 2.75) is 39.9 Å². The number of hydrogen-bond acceptors (Lipinski definition) is 7. The monoisotopic (exact) mass is 510 g/mol. The topological polar surface area (TPSA) is 165 Å². The summed E-state index contributed by atoms with van der Waals surface area (Å²) in [6.07, 6.45) is 0.0642. The Morgan fingerprint density at radius 3 is 2.68 bits per heavy atom. The Morgan fingerprint density at radius 2 is 2.03 bits per heavy atom. The summed E-state index contributed by atoms with van der Waals surface area (Å²) >= 11 is 6.00. The molecule has 0 atom stereocenters. The number of halogens is 1. The zero-order valence-electron chi connectivity index (χ0n) is 19.2. The van der Waals surface area contributed by atoms with E-state index in [9.17, 15) is 4.57 Å². The molecule has 0 saturated heterocycles. The summed E-state index contributed by atoms with van der Waals surface area (Å²) in [6, 6.07) is 5.77. The zero-order valence-corrected chi connectivity index (χ0v) is 20.8. The fourth-order valence-electron chi connectivity index (χ4n) is 3.75. The molecule has 2 heterocycles. The standard InChI is InChI=1S/C21H29ClN7O4P/c1-4-28-15-8-7-14(33-9-6-10-34(30,31)32)11-16(15)29(5-2)17(28)12-25-13(3)18-20(23)27-21(24)19(22)26-18/h7-8,11,25H,3-6,9-10,12H2,1-2H3,(H5-,23,24,27,30,31,32)/p+1. The lowest BCUT2D eigenvalue weighted by molar-refractivity contribution is -0.676. The van der Waals surface area contributed by atoms with Crippen LogP contribution in [-0.4, -0.2) is 37.1 Å². The number of rotatable bonds is 11. The predicted molar refractivity (Wildman–Crippen MR) is 132 cm³/mol. The molecule has 0 bridgehead atoms. The van der Waals surface area contributed by atoms with Crippen molar-refractivity contribution in [1.82, 2.24) is 19.9 Å². The maximum atomic E-state index is 11.0. The quantitative estimate of drug-likeness (QED) is 0.148. The summed E-state index contributed by atoms with van der Waals surface area (Å²) in [4.78, 5) is 26.2. The molecule has 0 fully saturated rings. The van der Waals surface area contributed by atoms with Gasteiger partial charge in [0.25, 0.3) is 5.82 Å². The maximum absolute atomic E-state index is 11.0. The van der Waals surface area contributed by atoms with Crippen LogP contribution in [0, 0.1) is 0 Å². The van der Waals surface area contributed by atoms with Gasteiger partial charge in [0.2, 0.25) is 0 Å². The SMILES string of the molecule is C=C(NCc1n(CC)c2cc(OCCCP(=O)(O)O)ccc2[n+]1CC)c1nc(Cl)c(N)nc1N. The highest BCUT2D eigenvalue weighted by Gasteiger charge is 2.24. The molecule has 34 heavy (non-hydrogen) atoms. The van der Waals surface area contributed by atoms with Gasteiger partial charge in [0.05, 0.1) is 31.6 Å². The third-order valence-electron chi connectivity index (χ3n) is 5.30. The minimum absolute atomic E-state index is 0.0606. The first-order chi connectivity index (χ1) is 16.1. The van der Waals surface area contributed by atoms with Crippen LogP contribution in [0.15, 0.2) is 24.8 Å². The Kier molecular flexibility index (Phi) is 8.04. The van der Waals surface area contributed by atoms with E-state index in [-0.39, 0.29) is 36.0 Å². The number of aryl methyl sites for hydroxylation is 2. The minimum atomic E-state index is -4.02. The number of hydrogen-bond donors (Lipinski definition) is 5. The Morgan fingerprint density at radius 1 is 1.29 bits per heavy atom. The normalized spacial score (nSPS) is 11.7. The van der Waals surface area contributed by atoms with Crippen molar-refractivity contribution in [3.05, 3.63) is 41.4 Å². The number of benzene rings is 1. The van der Waals surface area contributed by atoms with Crippen molar-refractivity contribution in [2.75, 3.05) is 24.2 Å². The van der Waals surface area contributed by atoms with E-state index in [1.807, 2.05) is 18.2 Å². The zero-order chi connectivity index (χ0) is 25.0. The lowest BCUT2D eigenvalue weighted by Gasteiger charge is -2.11. The van der Waals surface area contributed by atoms with Gasteiger partial charge in [-0.1, -0.05) is 18.2 Å². The van der Waals surface area contributed by atoms with E-state index in [2.05, 4.69) is 44.8 Å². The molecule has 0 amide bonds. The van der Waals surface area contributed by atoms with Crippen LogP contribution in [0.1, 0.15) is 31.8 Å². The number of anilines is 2. The molecule has 0 unspecified atom stereocenters. The van der Waals surface area contributed by atoms with Crippen LogP contribution in [0.25, 0.3) is 16.7 Å². The Bertz CT molecular complexity index is 1260. The fourth-order valence-corrected chi connectivity index (χ4v) is 4.42. The van der Waals surface area contributed by atoms with Gasteiger partial charge < -0.3 is 31.3 Å². The van der Waals surface area contributed by atoms with Gasteiger partial charge in [-0.2, -0.15) is 0 Å². The van der Waals surface area contributed by atoms with E-state index in [1.54, 1.807) is 0 Å². The second-order valence-corrected chi connectivity index (χ2v) is 9.75. The van der Waals surface area contributed by atoms with Gasteiger partial charge in [0, 0.05) is 6.07 Å². The van der Waals surface area contributed by atoms with Gasteiger partial charge in [0.1, 0.15) is 18.0 Å². The molecule has 0 aliphatic heterocycles. The van der Waals surface area contributed by atoms with Crippen LogP contribution in [0.2, 0.25) is 5.15 Å². The van der Waals surface area contributed by atoms with Crippen molar-refractivity contribution in [3.8, 4) is 5.75 Å². The molecule has 0 aliphatic carbocycles. The lowest BCUT2D eigenvalue weighted by atomic mass is 10.3. The maximum Gasteiger partial charge on any atom is 0.325 e. The molecule has 13 heteroatoms. The summed E-state index contributed by atoms with van der Waals surface area (Å²) in [5, 5.41) is 3.32. The molecule has 0 radical (unpaired) electrons. The molecular weight excluding hydrogens is 481 g/mol. The molecule has 0 spiro atoms. The highest BCUT2D eigenvalue weighted by atomic mass is 35.5. The van der Waals surface area contributed by atoms with Crippen LogP contribution in [0.4, 0.5) is 11.6 Å². The largest absolute Gasteiger partial charge is 0.493 e. The van der Waals surface area contributed by atoms with E-state index in [4.69, 9.17) is 37.6 Å². The van der Waals surface area contributed by atoms with Crippen molar-refractivity contribution >= 4 is 47.6 Å². The van der Waals surface area contributed by atoms with Crippen LogP contribution < -0.4 is 26.1 Å². The molecule has 11 nitrogen and oxygen atoms in total. The van der Waals surface area contributed by atoms with Crippen LogP contribution in [-0.2, 0) is 24.2 Å².